The monoisotopic (exact) mass is 1110 g/mol. The first-order valence-electron chi connectivity index (χ1n) is 35.8. The number of hydrogen-bond acceptors (Lipinski definition) is 6. The Balaban J connectivity index is 4.27. The first-order valence-corrected chi connectivity index (χ1v) is 35.8. The first-order chi connectivity index (χ1) is 39.0. The Labute approximate surface area is 493 Å². The molecule has 0 saturated heterocycles. The van der Waals surface area contributed by atoms with Crippen LogP contribution in [0.5, 0.6) is 0 Å². The Morgan fingerprint density at radius 1 is 0.253 bits per heavy atom. The highest BCUT2D eigenvalue weighted by Crippen LogP contribution is 2.19. The fourth-order valence-corrected chi connectivity index (χ4v) is 11.1. The molecule has 0 radical (unpaired) electrons. The van der Waals surface area contributed by atoms with Crippen LogP contribution in [0.4, 0.5) is 0 Å². The van der Waals surface area contributed by atoms with Gasteiger partial charge in [-0.2, -0.15) is 0 Å². The molecule has 1 atom stereocenters. The zero-order valence-electron chi connectivity index (χ0n) is 53.7. The SMILES string of the molecule is CCCCCCC/C=C\C/C=C\CCCCCCCCCCCCCCCC(=O)OCC(COC(=O)CCCCCCCCCCCCCCCCCCC)OC(=O)CCCCCCCCCCCCCCCCCCCCC. The van der Waals surface area contributed by atoms with Gasteiger partial charge < -0.3 is 14.2 Å². The number of carbonyl (C=O) groups excluding carboxylic acids is 3. The maximum absolute atomic E-state index is 13.0. The van der Waals surface area contributed by atoms with Crippen LogP contribution in [0.15, 0.2) is 24.3 Å². The molecule has 0 bridgehead atoms. The summed E-state index contributed by atoms with van der Waals surface area (Å²) >= 11 is 0. The lowest BCUT2D eigenvalue weighted by Gasteiger charge is -2.18. The minimum absolute atomic E-state index is 0.0638. The quantitative estimate of drug-likeness (QED) is 0.0261. The Morgan fingerprint density at radius 3 is 0.696 bits per heavy atom. The molecule has 0 aromatic rings. The van der Waals surface area contributed by atoms with E-state index < -0.39 is 6.10 Å². The summed E-state index contributed by atoms with van der Waals surface area (Å²) in [5.41, 5.74) is 0. The summed E-state index contributed by atoms with van der Waals surface area (Å²) < 4.78 is 17.0. The summed E-state index contributed by atoms with van der Waals surface area (Å²) in [5, 5.41) is 0. The number of ether oxygens (including phenoxy) is 3. The lowest BCUT2D eigenvalue weighted by molar-refractivity contribution is -0.167. The zero-order chi connectivity index (χ0) is 57.1. The van der Waals surface area contributed by atoms with Gasteiger partial charge in [0.05, 0.1) is 0 Å². The molecule has 0 fully saturated rings. The van der Waals surface area contributed by atoms with Crippen LogP contribution in [0.25, 0.3) is 0 Å². The van der Waals surface area contributed by atoms with Gasteiger partial charge in [0.1, 0.15) is 13.2 Å². The number of rotatable bonds is 67. The lowest BCUT2D eigenvalue weighted by atomic mass is 10.0. The normalized spacial score (nSPS) is 12.1. The van der Waals surface area contributed by atoms with Crippen molar-refractivity contribution in [2.24, 2.45) is 0 Å². The van der Waals surface area contributed by atoms with E-state index >= 15 is 0 Å². The molecule has 1 unspecified atom stereocenters. The lowest BCUT2D eigenvalue weighted by Crippen LogP contribution is -2.30. The van der Waals surface area contributed by atoms with Crippen molar-refractivity contribution >= 4 is 17.9 Å². The van der Waals surface area contributed by atoms with E-state index in [4.69, 9.17) is 14.2 Å². The molecule has 0 amide bonds. The molecule has 0 N–H and O–H groups in total. The van der Waals surface area contributed by atoms with E-state index in [0.29, 0.717) is 19.3 Å². The largest absolute Gasteiger partial charge is 0.462 e. The van der Waals surface area contributed by atoms with Crippen molar-refractivity contribution in [1.29, 1.82) is 0 Å². The summed E-state index contributed by atoms with van der Waals surface area (Å²) in [7, 11) is 0. The van der Waals surface area contributed by atoms with Gasteiger partial charge in [-0.25, -0.2) is 0 Å². The molecule has 0 aliphatic rings. The number of carbonyl (C=O) groups is 3. The molecule has 0 saturated carbocycles. The van der Waals surface area contributed by atoms with Gasteiger partial charge in [0.2, 0.25) is 0 Å². The molecule has 0 spiro atoms. The van der Waals surface area contributed by atoms with E-state index in [1.165, 1.54) is 302 Å². The van der Waals surface area contributed by atoms with Crippen molar-refractivity contribution in [3.63, 3.8) is 0 Å². The number of allylic oxidation sites excluding steroid dienone is 4. The van der Waals surface area contributed by atoms with Crippen molar-refractivity contribution in [2.45, 2.75) is 412 Å². The second-order valence-electron chi connectivity index (χ2n) is 24.5. The standard InChI is InChI=1S/C73H138O6/c1-4-7-10-13-16-19-22-25-28-31-33-34-35-36-37-38-40-42-45-48-51-54-57-60-63-66-72(75)78-69-70(68-77-71(74)65-62-59-56-53-50-47-44-41-30-27-24-21-18-15-12-9-6-3)79-73(76)67-64-61-58-55-52-49-46-43-39-32-29-26-23-20-17-14-11-8-5-2/h22,25,31,33,70H,4-21,23-24,26-30,32,34-69H2,1-3H3/b25-22-,33-31-. The Hall–Kier alpha value is -2.11. The summed E-state index contributed by atoms with van der Waals surface area (Å²) in [5.74, 6) is -0.828. The third-order valence-electron chi connectivity index (χ3n) is 16.5. The second kappa shape index (κ2) is 68.4. The van der Waals surface area contributed by atoms with Gasteiger partial charge in [-0.3, -0.25) is 14.4 Å². The molecular weight excluding hydrogens is 973 g/mol. The van der Waals surface area contributed by atoms with E-state index in [-0.39, 0.29) is 31.1 Å². The van der Waals surface area contributed by atoms with Gasteiger partial charge >= 0.3 is 17.9 Å². The van der Waals surface area contributed by atoms with Gasteiger partial charge in [0.15, 0.2) is 6.10 Å². The maximum Gasteiger partial charge on any atom is 0.306 e. The van der Waals surface area contributed by atoms with Crippen molar-refractivity contribution in [1.82, 2.24) is 0 Å². The minimum atomic E-state index is -0.768. The molecular formula is C73H138O6. The molecule has 0 aromatic heterocycles. The number of unbranched alkanes of at least 4 members (excludes halogenated alkanes) is 52. The smallest absolute Gasteiger partial charge is 0.306 e. The van der Waals surface area contributed by atoms with Gasteiger partial charge in [-0.15, -0.1) is 0 Å². The van der Waals surface area contributed by atoms with E-state index in [1.54, 1.807) is 0 Å². The highest BCUT2D eigenvalue weighted by molar-refractivity contribution is 5.71. The Morgan fingerprint density at radius 2 is 0.456 bits per heavy atom. The van der Waals surface area contributed by atoms with Crippen molar-refractivity contribution in [3.8, 4) is 0 Å². The fraction of sp³-hybridized carbons (Fsp3) is 0.904. The van der Waals surface area contributed by atoms with Gasteiger partial charge in [-0.1, -0.05) is 360 Å². The van der Waals surface area contributed by atoms with Crippen LogP contribution >= 0.6 is 0 Å². The number of hydrogen-bond donors (Lipinski definition) is 0. The van der Waals surface area contributed by atoms with Crippen LogP contribution in [0.1, 0.15) is 406 Å². The van der Waals surface area contributed by atoms with E-state index in [9.17, 15) is 14.4 Å². The predicted molar refractivity (Wildman–Crippen MR) is 344 cm³/mol. The summed E-state index contributed by atoms with van der Waals surface area (Å²) in [4.78, 5) is 38.5. The van der Waals surface area contributed by atoms with E-state index in [2.05, 4.69) is 45.1 Å². The van der Waals surface area contributed by atoms with Crippen molar-refractivity contribution in [2.75, 3.05) is 13.2 Å². The first kappa shape index (κ1) is 76.9. The molecule has 0 aliphatic heterocycles. The molecule has 0 heterocycles. The average Bonchev–Trinajstić information content (AvgIpc) is 3.45. The van der Waals surface area contributed by atoms with E-state index in [0.717, 1.165) is 64.2 Å². The maximum atomic E-state index is 13.0. The highest BCUT2D eigenvalue weighted by atomic mass is 16.6. The third-order valence-corrected chi connectivity index (χ3v) is 16.5. The van der Waals surface area contributed by atoms with Crippen LogP contribution < -0.4 is 0 Å². The summed E-state index contributed by atoms with van der Waals surface area (Å²) in [6, 6.07) is 0. The van der Waals surface area contributed by atoms with Crippen molar-refractivity contribution in [3.05, 3.63) is 24.3 Å². The topological polar surface area (TPSA) is 78.9 Å². The zero-order valence-corrected chi connectivity index (χ0v) is 53.7. The van der Waals surface area contributed by atoms with Crippen molar-refractivity contribution < 1.29 is 28.6 Å². The molecule has 0 aromatic carbocycles. The average molecular weight is 1110 g/mol. The van der Waals surface area contributed by atoms with Crippen LogP contribution in [0.3, 0.4) is 0 Å². The molecule has 0 aliphatic carbocycles. The van der Waals surface area contributed by atoms with Gasteiger partial charge in [0.25, 0.3) is 0 Å². The van der Waals surface area contributed by atoms with Crippen LogP contribution in [-0.4, -0.2) is 37.2 Å². The number of esters is 3. The Bertz CT molecular complexity index is 1270. The second-order valence-corrected chi connectivity index (χ2v) is 24.5. The van der Waals surface area contributed by atoms with Gasteiger partial charge in [-0.05, 0) is 51.4 Å². The summed E-state index contributed by atoms with van der Waals surface area (Å²) in [6.07, 6.45) is 83.4. The minimum Gasteiger partial charge on any atom is -0.462 e. The van der Waals surface area contributed by atoms with Crippen LogP contribution in [0.2, 0.25) is 0 Å². The molecule has 79 heavy (non-hydrogen) atoms. The predicted octanol–water partition coefficient (Wildman–Crippen LogP) is 24.6. The summed E-state index contributed by atoms with van der Waals surface area (Å²) in [6.45, 7) is 6.72. The Kier molecular flexibility index (Phi) is 66.6. The van der Waals surface area contributed by atoms with Crippen LogP contribution in [0, 0.1) is 0 Å². The molecule has 6 heteroatoms. The fourth-order valence-electron chi connectivity index (χ4n) is 11.1. The molecule has 0 rings (SSSR count). The van der Waals surface area contributed by atoms with Crippen LogP contribution in [-0.2, 0) is 28.6 Å². The molecule has 466 valence electrons. The third kappa shape index (κ3) is 66.6. The van der Waals surface area contributed by atoms with Gasteiger partial charge in [0, 0.05) is 19.3 Å². The highest BCUT2D eigenvalue weighted by Gasteiger charge is 2.19. The molecule has 6 nitrogen and oxygen atoms in total. The van der Waals surface area contributed by atoms with E-state index in [1.807, 2.05) is 0 Å².